The van der Waals surface area contributed by atoms with E-state index >= 15 is 0 Å². The second-order valence-corrected chi connectivity index (χ2v) is 6.23. The van der Waals surface area contributed by atoms with E-state index in [1.165, 1.54) is 0 Å². The van der Waals surface area contributed by atoms with Gasteiger partial charge in [0.2, 0.25) is 5.91 Å². The summed E-state index contributed by atoms with van der Waals surface area (Å²) in [5.41, 5.74) is 4.06. The fourth-order valence-corrected chi connectivity index (χ4v) is 2.62. The number of rotatable bonds is 4. The van der Waals surface area contributed by atoms with Gasteiger partial charge < -0.3 is 10.6 Å². The molecule has 0 unspecified atom stereocenters. The maximum absolute atomic E-state index is 12.0. The number of hydrogen-bond donors (Lipinski definition) is 2. The number of nitrogens with one attached hydrogen (secondary N) is 2. The van der Waals surface area contributed by atoms with Gasteiger partial charge in [-0.2, -0.15) is 0 Å². The van der Waals surface area contributed by atoms with Crippen LogP contribution in [-0.2, 0) is 11.2 Å². The molecule has 3 nitrogen and oxygen atoms in total. The summed E-state index contributed by atoms with van der Waals surface area (Å²) >= 11 is 11.3. The van der Waals surface area contributed by atoms with Gasteiger partial charge in [0.15, 0.2) is 5.11 Å². The molecule has 0 fully saturated rings. The zero-order valence-corrected chi connectivity index (χ0v) is 14.7. The number of aryl methyl sites for hydroxylation is 3. The number of carbonyl (C=O) groups excluding carboxylic acids is 1. The molecule has 0 aliphatic heterocycles. The van der Waals surface area contributed by atoms with Crippen molar-refractivity contribution < 1.29 is 4.79 Å². The van der Waals surface area contributed by atoms with Gasteiger partial charge in [0.1, 0.15) is 0 Å². The van der Waals surface area contributed by atoms with Gasteiger partial charge in [-0.25, -0.2) is 0 Å². The molecule has 0 saturated carbocycles. The Morgan fingerprint density at radius 1 is 1.17 bits per heavy atom. The van der Waals surface area contributed by atoms with E-state index in [4.69, 9.17) is 23.8 Å². The van der Waals surface area contributed by atoms with Gasteiger partial charge >= 0.3 is 0 Å². The summed E-state index contributed by atoms with van der Waals surface area (Å²) in [7, 11) is 0. The quantitative estimate of drug-likeness (QED) is 0.806. The molecule has 0 heterocycles. The first kappa shape index (κ1) is 17.4. The van der Waals surface area contributed by atoms with Crippen LogP contribution in [0.4, 0.5) is 5.69 Å². The van der Waals surface area contributed by atoms with Crippen molar-refractivity contribution in [1.29, 1.82) is 0 Å². The number of hydrogen-bond acceptors (Lipinski definition) is 2. The lowest BCUT2D eigenvalue weighted by Gasteiger charge is -2.12. The Morgan fingerprint density at radius 2 is 1.91 bits per heavy atom. The van der Waals surface area contributed by atoms with Gasteiger partial charge in [-0.05, 0) is 61.3 Å². The van der Waals surface area contributed by atoms with Gasteiger partial charge in [0.05, 0.1) is 0 Å². The van der Waals surface area contributed by atoms with Gasteiger partial charge in [0, 0.05) is 17.1 Å². The number of benzene rings is 2. The van der Waals surface area contributed by atoms with E-state index < -0.39 is 0 Å². The minimum atomic E-state index is -0.132. The topological polar surface area (TPSA) is 41.1 Å². The molecule has 2 aromatic carbocycles. The molecule has 2 aromatic rings. The minimum absolute atomic E-state index is 0.132. The predicted molar refractivity (Wildman–Crippen MR) is 100 cm³/mol. The molecule has 120 valence electrons. The summed E-state index contributed by atoms with van der Waals surface area (Å²) in [5, 5.41) is 6.75. The summed E-state index contributed by atoms with van der Waals surface area (Å²) < 4.78 is 0. The average Bonchev–Trinajstić information content (AvgIpc) is 2.50. The van der Waals surface area contributed by atoms with Crippen molar-refractivity contribution in [3.8, 4) is 0 Å². The number of thiocarbonyl (C=S) groups is 1. The van der Waals surface area contributed by atoms with Crippen molar-refractivity contribution in [2.24, 2.45) is 0 Å². The van der Waals surface area contributed by atoms with Crippen LogP contribution in [0.5, 0.6) is 0 Å². The lowest BCUT2D eigenvalue weighted by molar-refractivity contribution is -0.119. The van der Waals surface area contributed by atoms with Crippen LogP contribution in [0.15, 0.2) is 42.5 Å². The highest BCUT2D eigenvalue weighted by molar-refractivity contribution is 7.80. The molecular weight excluding hydrogens is 328 g/mol. The van der Waals surface area contributed by atoms with Crippen molar-refractivity contribution in [1.82, 2.24) is 5.32 Å². The van der Waals surface area contributed by atoms with Crippen molar-refractivity contribution in [2.75, 3.05) is 5.32 Å². The van der Waals surface area contributed by atoms with Crippen LogP contribution in [0.25, 0.3) is 0 Å². The number of amides is 1. The molecule has 0 aliphatic carbocycles. The molecular formula is C18H19ClN2OS. The predicted octanol–water partition coefficient (Wildman–Crippen LogP) is 4.40. The van der Waals surface area contributed by atoms with Gasteiger partial charge in [-0.15, -0.1) is 0 Å². The zero-order chi connectivity index (χ0) is 16.8. The number of halogens is 1. The average molecular weight is 347 g/mol. The van der Waals surface area contributed by atoms with Crippen LogP contribution in [0, 0.1) is 13.8 Å². The minimum Gasteiger partial charge on any atom is -0.332 e. The second kappa shape index (κ2) is 8.09. The van der Waals surface area contributed by atoms with Crippen LogP contribution in [-0.4, -0.2) is 11.0 Å². The summed E-state index contributed by atoms with van der Waals surface area (Å²) in [6.07, 6.45) is 0.913. The summed E-state index contributed by atoms with van der Waals surface area (Å²) in [6.45, 7) is 4.00. The molecule has 0 radical (unpaired) electrons. The zero-order valence-electron chi connectivity index (χ0n) is 13.2. The highest BCUT2D eigenvalue weighted by atomic mass is 35.5. The Labute approximate surface area is 147 Å². The number of anilines is 1. The SMILES string of the molecule is Cc1ccc(C)c(NC(=S)NC(=O)CCc2ccccc2Cl)c1. The normalized spacial score (nSPS) is 10.2. The summed E-state index contributed by atoms with van der Waals surface area (Å²) in [6, 6.07) is 13.6. The Morgan fingerprint density at radius 3 is 2.65 bits per heavy atom. The molecule has 5 heteroatoms. The largest absolute Gasteiger partial charge is 0.332 e. The first-order chi connectivity index (χ1) is 11.0. The molecule has 0 atom stereocenters. The van der Waals surface area contributed by atoms with E-state index in [2.05, 4.69) is 10.6 Å². The molecule has 2 rings (SSSR count). The van der Waals surface area contributed by atoms with Crippen molar-refractivity contribution >= 4 is 40.5 Å². The highest BCUT2D eigenvalue weighted by Gasteiger charge is 2.08. The van der Waals surface area contributed by atoms with E-state index in [1.807, 2.05) is 56.3 Å². The third-order valence-electron chi connectivity index (χ3n) is 3.47. The third-order valence-corrected chi connectivity index (χ3v) is 4.05. The van der Waals surface area contributed by atoms with E-state index in [-0.39, 0.29) is 5.91 Å². The molecule has 2 N–H and O–H groups in total. The Hall–Kier alpha value is -1.91. The maximum Gasteiger partial charge on any atom is 0.226 e. The van der Waals surface area contributed by atoms with E-state index in [0.717, 1.165) is 22.4 Å². The van der Waals surface area contributed by atoms with Crippen LogP contribution in [0.2, 0.25) is 5.02 Å². The fraction of sp³-hybridized carbons (Fsp3) is 0.222. The molecule has 0 aromatic heterocycles. The molecule has 0 aliphatic rings. The van der Waals surface area contributed by atoms with Gasteiger partial charge in [-0.3, -0.25) is 4.79 Å². The maximum atomic E-state index is 12.0. The van der Waals surface area contributed by atoms with Crippen molar-refractivity contribution in [3.05, 3.63) is 64.2 Å². The Bertz CT molecular complexity index is 731. The van der Waals surface area contributed by atoms with Gasteiger partial charge in [-0.1, -0.05) is 41.9 Å². The van der Waals surface area contributed by atoms with E-state index in [0.29, 0.717) is 23.0 Å². The molecule has 0 saturated heterocycles. The highest BCUT2D eigenvalue weighted by Crippen LogP contribution is 2.17. The first-order valence-electron chi connectivity index (χ1n) is 7.37. The lowest BCUT2D eigenvalue weighted by Crippen LogP contribution is -2.34. The third kappa shape index (κ3) is 5.34. The standard InChI is InChI=1S/C18H19ClN2OS/c1-12-7-8-13(2)16(11-12)20-18(23)21-17(22)10-9-14-5-3-4-6-15(14)19/h3-8,11H,9-10H2,1-2H3,(H2,20,21,22,23). The monoisotopic (exact) mass is 346 g/mol. The fourth-order valence-electron chi connectivity index (χ4n) is 2.16. The van der Waals surface area contributed by atoms with E-state index in [9.17, 15) is 4.79 Å². The smallest absolute Gasteiger partial charge is 0.226 e. The van der Waals surface area contributed by atoms with Gasteiger partial charge in [0.25, 0.3) is 0 Å². The molecule has 1 amide bonds. The Kier molecular flexibility index (Phi) is 6.13. The lowest BCUT2D eigenvalue weighted by atomic mass is 10.1. The Balaban J connectivity index is 1.86. The number of carbonyl (C=O) groups is 1. The molecule has 0 spiro atoms. The van der Waals surface area contributed by atoms with Crippen LogP contribution >= 0.6 is 23.8 Å². The van der Waals surface area contributed by atoms with Crippen LogP contribution < -0.4 is 10.6 Å². The summed E-state index contributed by atoms with van der Waals surface area (Å²) in [5.74, 6) is -0.132. The van der Waals surface area contributed by atoms with Crippen LogP contribution in [0.3, 0.4) is 0 Å². The van der Waals surface area contributed by atoms with Crippen LogP contribution in [0.1, 0.15) is 23.1 Å². The van der Waals surface area contributed by atoms with E-state index in [1.54, 1.807) is 0 Å². The second-order valence-electron chi connectivity index (χ2n) is 5.41. The first-order valence-corrected chi connectivity index (χ1v) is 8.16. The molecule has 23 heavy (non-hydrogen) atoms. The summed E-state index contributed by atoms with van der Waals surface area (Å²) in [4.78, 5) is 12.0. The van der Waals surface area contributed by atoms with Crippen molar-refractivity contribution in [2.45, 2.75) is 26.7 Å². The molecule has 0 bridgehead atoms. The van der Waals surface area contributed by atoms with Crippen molar-refractivity contribution in [3.63, 3.8) is 0 Å².